The van der Waals surface area contributed by atoms with Crippen molar-refractivity contribution in [3.05, 3.63) is 29.6 Å². The number of carbonyl (C=O) groups is 1. The molecule has 5 nitrogen and oxygen atoms in total. The topological polar surface area (TPSA) is 81.8 Å². The van der Waals surface area contributed by atoms with Crippen LogP contribution in [0.25, 0.3) is 0 Å². The molecular formula is C13H16FNO4. The number of halogens is 1. The summed E-state index contributed by atoms with van der Waals surface area (Å²) in [5.74, 6) is 0.0175. The Labute approximate surface area is 110 Å². The van der Waals surface area contributed by atoms with Gasteiger partial charge in [0, 0.05) is 11.0 Å². The molecule has 0 aliphatic heterocycles. The van der Waals surface area contributed by atoms with Gasteiger partial charge in [-0.05, 0) is 31.0 Å². The van der Waals surface area contributed by atoms with Crippen LogP contribution in [-0.2, 0) is 11.3 Å². The van der Waals surface area contributed by atoms with Gasteiger partial charge in [-0.3, -0.25) is 0 Å². The lowest BCUT2D eigenvalue weighted by Crippen LogP contribution is -2.24. The third-order valence-corrected chi connectivity index (χ3v) is 3.20. The standard InChI is InChI=1S/C13H16FNO4/c14-10-1-2-11(9(5-10)6-16)18-7-13(3-4-13)8-19-12(15)17/h1-2,5,16H,3-4,6-8H2,(H2,15,17). The quantitative estimate of drug-likeness (QED) is 0.821. The summed E-state index contributed by atoms with van der Waals surface area (Å²) in [6.07, 6.45) is 0.968. The average molecular weight is 269 g/mol. The van der Waals surface area contributed by atoms with Gasteiger partial charge in [0.2, 0.25) is 0 Å². The Balaban J connectivity index is 1.93. The summed E-state index contributed by atoms with van der Waals surface area (Å²) in [5.41, 5.74) is 5.12. The molecule has 2 rings (SSSR count). The van der Waals surface area contributed by atoms with E-state index in [1.807, 2.05) is 0 Å². The lowest BCUT2D eigenvalue weighted by molar-refractivity contribution is 0.105. The molecule has 0 unspecified atom stereocenters. The number of aliphatic hydroxyl groups excluding tert-OH is 1. The number of hydrogen-bond donors (Lipinski definition) is 2. The number of hydrogen-bond acceptors (Lipinski definition) is 4. The summed E-state index contributed by atoms with van der Waals surface area (Å²) < 4.78 is 23.4. The first-order valence-corrected chi connectivity index (χ1v) is 5.99. The fourth-order valence-corrected chi connectivity index (χ4v) is 1.77. The third kappa shape index (κ3) is 3.57. The average Bonchev–Trinajstić information content (AvgIpc) is 3.15. The minimum atomic E-state index is -0.802. The molecule has 0 radical (unpaired) electrons. The number of ether oxygens (including phenoxy) is 2. The second-order valence-electron chi connectivity index (χ2n) is 4.81. The maximum Gasteiger partial charge on any atom is 0.404 e. The van der Waals surface area contributed by atoms with Gasteiger partial charge in [-0.25, -0.2) is 9.18 Å². The predicted octanol–water partition coefficient (Wildman–Crippen LogP) is 1.57. The van der Waals surface area contributed by atoms with Gasteiger partial charge in [0.25, 0.3) is 0 Å². The lowest BCUT2D eigenvalue weighted by atomic mass is 10.1. The Hall–Kier alpha value is -1.82. The monoisotopic (exact) mass is 269 g/mol. The molecule has 1 aromatic carbocycles. The molecule has 0 atom stereocenters. The lowest BCUT2D eigenvalue weighted by Gasteiger charge is -2.17. The summed E-state index contributed by atoms with van der Waals surface area (Å²) in [5, 5.41) is 9.13. The zero-order valence-electron chi connectivity index (χ0n) is 10.4. The molecular weight excluding hydrogens is 253 g/mol. The Morgan fingerprint density at radius 2 is 2.16 bits per heavy atom. The van der Waals surface area contributed by atoms with Crippen LogP contribution in [0.5, 0.6) is 5.75 Å². The Kier molecular flexibility index (Phi) is 3.90. The third-order valence-electron chi connectivity index (χ3n) is 3.20. The highest BCUT2D eigenvalue weighted by Crippen LogP contribution is 2.46. The molecule has 1 aromatic rings. The van der Waals surface area contributed by atoms with Gasteiger partial charge in [-0.15, -0.1) is 0 Å². The molecule has 3 N–H and O–H groups in total. The number of aliphatic hydroxyl groups is 1. The van der Waals surface area contributed by atoms with Gasteiger partial charge < -0.3 is 20.3 Å². The van der Waals surface area contributed by atoms with Crippen molar-refractivity contribution in [3.63, 3.8) is 0 Å². The van der Waals surface area contributed by atoms with Gasteiger partial charge in [0.15, 0.2) is 0 Å². The predicted molar refractivity (Wildman–Crippen MR) is 65.0 cm³/mol. The van der Waals surface area contributed by atoms with E-state index >= 15 is 0 Å². The van der Waals surface area contributed by atoms with Crippen LogP contribution in [0, 0.1) is 11.2 Å². The van der Waals surface area contributed by atoms with Crippen LogP contribution in [-0.4, -0.2) is 24.4 Å². The number of benzene rings is 1. The van der Waals surface area contributed by atoms with E-state index in [1.54, 1.807) is 0 Å². The zero-order valence-corrected chi connectivity index (χ0v) is 10.4. The van der Waals surface area contributed by atoms with Crippen LogP contribution in [0.15, 0.2) is 18.2 Å². The summed E-state index contributed by atoms with van der Waals surface area (Å²) in [4.78, 5) is 10.6. The van der Waals surface area contributed by atoms with Crippen LogP contribution in [0.3, 0.4) is 0 Å². The Morgan fingerprint density at radius 1 is 1.42 bits per heavy atom. The highest BCUT2D eigenvalue weighted by molar-refractivity contribution is 5.64. The number of carbonyl (C=O) groups excluding carboxylic acids is 1. The van der Waals surface area contributed by atoms with E-state index in [4.69, 9.17) is 20.3 Å². The zero-order chi connectivity index (χ0) is 13.9. The molecule has 1 saturated carbocycles. The molecule has 0 heterocycles. The van der Waals surface area contributed by atoms with Crippen LogP contribution >= 0.6 is 0 Å². The molecule has 6 heteroatoms. The first-order valence-electron chi connectivity index (χ1n) is 5.99. The van der Waals surface area contributed by atoms with Gasteiger partial charge in [0.1, 0.15) is 18.2 Å². The molecule has 19 heavy (non-hydrogen) atoms. The fourth-order valence-electron chi connectivity index (χ4n) is 1.77. The number of rotatable bonds is 6. The summed E-state index contributed by atoms with van der Waals surface area (Å²) >= 11 is 0. The Morgan fingerprint density at radius 3 is 2.74 bits per heavy atom. The van der Waals surface area contributed by atoms with Gasteiger partial charge in [-0.1, -0.05) is 0 Å². The van der Waals surface area contributed by atoms with Gasteiger partial charge in [-0.2, -0.15) is 0 Å². The minimum Gasteiger partial charge on any atom is -0.492 e. The van der Waals surface area contributed by atoms with Crippen LogP contribution in [0.1, 0.15) is 18.4 Å². The van der Waals surface area contributed by atoms with E-state index in [1.165, 1.54) is 18.2 Å². The first kappa shape index (κ1) is 13.6. The summed E-state index contributed by atoms with van der Waals surface area (Å²) in [6, 6.07) is 3.98. The van der Waals surface area contributed by atoms with Crippen LogP contribution < -0.4 is 10.5 Å². The molecule has 1 aliphatic rings. The van der Waals surface area contributed by atoms with Crippen molar-refractivity contribution in [2.45, 2.75) is 19.4 Å². The highest BCUT2D eigenvalue weighted by atomic mass is 19.1. The molecule has 1 fully saturated rings. The van der Waals surface area contributed by atoms with Crippen molar-refractivity contribution in [2.75, 3.05) is 13.2 Å². The summed E-state index contributed by atoms with van der Waals surface area (Å²) in [6.45, 7) is 0.273. The van der Waals surface area contributed by atoms with E-state index in [9.17, 15) is 9.18 Å². The van der Waals surface area contributed by atoms with E-state index < -0.39 is 11.9 Å². The van der Waals surface area contributed by atoms with Crippen molar-refractivity contribution >= 4 is 6.09 Å². The second-order valence-corrected chi connectivity index (χ2v) is 4.81. The Bertz CT molecular complexity index is 474. The normalized spacial score (nSPS) is 15.9. The van der Waals surface area contributed by atoms with E-state index in [0.717, 1.165) is 12.8 Å². The largest absolute Gasteiger partial charge is 0.492 e. The molecule has 1 amide bonds. The molecule has 0 saturated heterocycles. The maximum atomic E-state index is 13.0. The second kappa shape index (κ2) is 5.44. The SMILES string of the molecule is NC(=O)OCC1(COc2ccc(F)cc2CO)CC1. The van der Waals surface area contributed by atoms with Crippen LogP contribution in [0.2, 0.25) is 0 Å². The number of nitrogens with two attached hydrogens (primary N) is 1. The number of primary amides is 1. The van der Waals surface area contributed by atoms with Crippen LogP contribution in [0.4, 0.5) is 9.18 Å². The van der Waals surface area contributed by atoms with E-state index in [2.05, 4.69) is 0 Å². The minimum absolute atomic E-state index is 0.198. The fraction of sp³-hybridized carbons (Fsp3) is 0.462. The van der Waals surface area contributed by atoms with Crippen molar-refractivity contribution in [2.24, 2.45) is 11.1 Å². The van der Waals surface area contributed by atoms with Gasteiger partial charge >= 0.3 is 6.09 Å². The van der Waals surface area contributed by atoms with Crippen molar-refractivity contribution in [3.8, 4) is 5.75 Å². The first-order chi connectivity index (χ1) is 9.04. The molecule has 0 spiro atoms. The summed E-state index contributed by atoms with van der Waals surface area (Å²) in [7, 11) is 0. The van der Waals surface area contributed by atoms with Crippen molar-refractivity contribution in [1.29, 1.82) is 0 Å². The maximum absolute atomic E-state index is 13.0. The molecule has 0 bridgehead atoms. The number of amides is 1. The smallest absolute Gasteiger partial charge is 0.404 e. The highest BCUT2D eigenvalue weighted by Gasteiger charge is 2.45. The molecule has 0 aromatic heterocycles. The van der Waals surface area contributed by atoms with Crippen molar-refractivity contribution < 1.29 is 23.8 Å². The van der Waals surface area contributed by atoms with Gasteiger partial charge in [0.05, 0.1) is 13.2 Å². The van der Waals surface area contributed by atoms with E-state index in [0.29, 0.717) is 17.9 Å². The van der Waals surface area contributed by atoms with Crippen molar-refractivity contribution in [1.82, 2.24) is 0 Å². The molecule has 104 valence electrons. The molecule has 1 aliphatic carbocycles. The van der Waals surface area contributed by atoms with E-state index in [-0.39, 0.29) is 18.6 Å².